The number of aromatic nitrogens is 1. The van der Waals surface area contributed by atoms with Gasteiger partial charge in [-0.05, 0) is 48.7 Å². The first-order valence-corrected chi connectivity index (χ1v) is 8.91. The molecule has 0 aliphatic carbocycles. The van der Waals surface area contributed by atoms with Gasteiger partial charge in [-0.3, -0.25) is 9.59 Å². The first kappa shape index (κ1) is 18.0. The average molecular weight is 371 g/mol. The molecular formula is C19H18FN3O2S. The fourth-order valence-electron chi connectivity index (χ4n) is 2.66. The van der Waals surface area contributed by atoms with E-state index in [9.17, 15) is 14.0 Å². The van der Waals surface area contributed by atoms with Gasteiger partial charge in [0.1, 0.15) is 5.82 Å². The fraction of sp³-hybridized carbons (Fsp3) is 0.211. The maximum Gasteiger partial charge on any atom is 0.245 e. The molecule has 0 spiro atoms. The number of anilines is 1. The van der Waals surface area contributed by atoms with Gasteiger partial charge in [-0.15, -0.1) is 0 Å². The SMILES string of the molecule is Cc1cc(C)c2nc(NC(=O)CNC(=O)Cc3cccc(F)c3)sc2c1. The maximum absolute atomic E-state index is 13.1. The molecule has 0 unspecified atom stereocenters. The van der Waals surface area contributed by atoms with Crippen molar-refractivity contribution in [2.45, 2.75) is 20.3 Å². The molecule has 2 aromatic carbocycles. The number of hydrogen-bond acceptors (Lipinski definition) is 4. The lowest BCUT2D eigenvalue weighted by molar-refractivity contribution is -0.123. The van der Waals surface area contributed by atoms with Crippen molar-refractivity contribution >= 4 is 38.5 Å². The fourth-order valence-corrected chi connectivity index (χ4v) is 3.72. The molecule has 3 aromatic rings. The number of nitrogens with one attached hydrogen (secondary N) is 2. The summed E-state index contributed by atoms with van der Waals surface area (Å²) in [6, 6.07) is 9.88. The van der Waals surface area contributed by atoms with Crippen molar-refractivity contribution in [2.75, 3.05) is 11.9 Å². The van der Waals surface area contributed by atoms with Crippen molar-refractivity contribution in [3.05, 3.63) is 58.9 Å². The number of amides is 2. The first-order valence-electron chi connectivity index (χ1n) is 8.09. The van der Waals surface area contributed by atoms with E-state index < -0.39 is 5.82 Å². The van der Waals surface area contributed by atoms with Crippen LogP contribution in [0.2, 0.25) is 0 Å². The molecule has 0 radical (unpaired) electrons. The number of benzene rings is 2. The smallest absolute Gasteiger partial charge is 0.245 e. The molecule has 0 saturated heterocycles. The maximum atomic E-state index is 13.1. The lowest BCUT2D eigenvalue weighted by Crippen LogP contribution is -2.33. The minimum atomic E-state index is -0.394. The van der Waals surface area contributed by atoms with E-state index in [1.807, 2.05) is 26.0 Å². The zero-order valence-corrected chi connectivity index (χ0v) is 15.2. The summed E-state index contributed by atoms with van der Waals surface area (Å²) >= 11 is 1.39. The van der Waals surface area contributed by atoms with E-state index in [2.05, 4.69) is 15.6 Å². The lowest BCUT2D eigenvalue weighted by atomic mass is 10.1. The summed E-state index contributed by atoms with van der Waals surface area (Å²) < 4.78 is 14.1. The molecule has 0 saturated carbocycles. The summed E-state index contributed by atoms with van der Waals surface area (Å²) in [7, 11) is 0. The highest BCUT2D eigenvalue weighted by atomic mass is 32.1. The quantitative estimate of drug-likeness (QED) is 0.723. The minimum absolute atomic E-state index is 0.0185. The Morgan fingerprint density at radius 1 is 1.15 bits per heavy atom. The van der Waals surface area contributed by atoms with E-state index in [0.717, 1.165) is 21.3 Å². The second-order valence-corrected chi connectivity index (χ2v) is 7.11. The molecule has 0 aliphatic rings. The van der Waals surface area contributed by atoms with Gasteiger partial charge in [0.2, 0.25) is 11.8 Å². The van der Waals surface area contributed by atoms with Crippen LogP contribution in [0.3, 0.4) is 0 Å². The number of aryl methyl sites for hydroxylation is 2. The van der Waals surface area contributed by atoms with Crippen LogP contribution < -0.4 is 10.6 Å². The Hall–Kier alpha value is -2.80. The molecule has 0 bridgehead atoms. The van der Waals surface area contributed by atoms with Crippen LogP contribution in [0.15, 0.2) is 36.4 Å². The predicted octanol–water partition coefficient (Wildman–Crippen LogP) is 3.35. The number of thiazole rings is 1. The van der Waals surface area contributed by atoms with Gasteiger partial charge < -0.3 is 10.6 Å². The van der Waals surface area contributed by atoms with Crippen LogP contribution in [0, 0.1) is 19.7 Å². The average Bonchev–Trinajstić information content (AvgIpc) is 2.95. The molecule has 7 heteroatoms. The number of carbonyl (C=O) groups is 2. The van der Waals surface area contributed by atoms with Gasteiger partial charge in [-0.1, -0.05) is 29.5 Å². The molecular weight excluding hydrogens is 353 g/mol. The van der Waals surface area contributed by atoms with Crippen molar-refractivity contribution in [2.24, 2.45) is 0 Å². The minimum Gasteiger partial charge on any atom is -0.347 e. The monoisotopic (exact) mass is 371 g/mol. The van der Waals surface area contributed by atoms with Crippen LogP contribution in [0.5, 0.6) is 0 Å². The number of nitrogens with zero attached hydrogens (tertiary/aromatic N) is 1. The van der Waals surface area contributed by atoms with E-state index in [4.69, 9.17) is 0 Å². The zero-order valence-electron chi connectivity index (χ0n) is 14.4. The third-order valence-electron chi connectivity index (χ3n) is 3.78. The predicted molar refractivity (Wildman–Crippen MR) is 101 cm³/mol. The van der Waals surface area contributed by atoms with E-state index in [1.165, 1.54) is 23.5 Å². The molecule has 0 atom stereocenters. The van der Waals surface area contributed by atoms with Gasteiger partial charge in [0.15, 0.2) is 5.13 Å². The Kier molecular flexibility index (Phi) is 5.27. The molecule has 134 valence electrons. The largest absolute Gasteiger partial charge is 0.347 e. The van der Waals surface area contributed by atoms with Crippen LogP contribution in [0.1, 0.15) is 16.7 Å². The molecule has 2 amide bonds. The highest BCUT2D eigenvalue weighted by Gasteiger charge is 2.11. The third-order valence-corrected chi connectivity index (χ3v) is 4.69. The van der Waals surface area contributed by atoms with Gasteiger partial charge in [-0.2, -0.15) is 0 Å². The number of hydrogen-bond donors (Lipinski definition) is 2. The van der Waals surface area contributed by atoms with Crippen molar-refractivity contribution in [1.82, 2.24) is 10.3 Å². The van der Waals surface area contributed by atoms with E-state index >= 15 is 0 Å². The van der Waals surface area contributed by atoms with Crippen LogP contribution in [0.4, 0.5) is 9.52 Å². The molecule has 26 heavy (non-hydrogen) atoms. The van der Waals surface area contributed by atoms with E-state index in [0.29, 0.717) is 10.7 Å². The van der Waals surface area contributed by atoms with Crippen LogP contribution in [-0.4, -0.2) is 23.3 Å². The topological polar surface area (TPSA) is 71.1 Å². The molecule has 1 heterocycles. The van der Waals surface area contributed by atoms with Gasteiger partial charge in [0.05, 0.1) is 23.2 Å². The number of carbonyl (C=O) groups excluding carboxylic acids is 2. The molecule has 2 N–H and O–H groups in total. The van der Waals surface area contributed by atoms with Crippen molar-refractivity contribution in [3.8, 4) is 0 Å². The molecule has 5 nitrogen and oxygen atoms in total. The van der Waals surface area contributed by atoms with Crippen molar-refractivity contribution in [1.29, 1.82) is 0 Å². The highest BCUT2D eigenvalue weighted by Crippen LogP contribution is 2.29. The molecule has 0 fully saturated rings. The van der Waals surface area contributed by atoms with Crippen LogP contribution >= 0.6 is 11.3 Å². The standard InChI is InChI=1S/C19H18FN3O2S/c1-11-6-12(2)18-15(7-11)26-19(23-18)22-17(25)10-21-16(24)9-13-4-3-5-14(20)8-13/h3-8H,9-10H2,1-2H3,(H,21,24)(H,22,23,25). The van der Waals surface area contributed by atoms with Crippen molar-refractivity contribution in [3.63, 3.8) is 0 Å². The Balaban J connectivity index is 1.55. The Labute approximate surface area is 154 Å². The van der Waals surface area contributed by atoms with E-state index in [1.54, 1.807) is 12.1 Å². The molecule has 0 aliphatic heterocycles. The number of fused-ring (bicyclic) bond motifs is 1. The molecule has 3 rings (SSSR count). The van der Waals surface area contributed by atoms with Gasteiger partial charge in [-0.25, -0.2) is 9.37 Å². The van der Waals surface area contributed by atoms with Gasteiger partial charge in [0.25, 0.3) is 0 Å². The van der Waals surface area contributed by atoms with E-state index in [-0.39, 0.29) is 24.8 Å². The Morgan fingerprint density at radius 3 is 2.73 bits per heavy atom. The van der Waals surface area contributed by atoms with Gasteiger partial charge in [0, 0.05) is 0 Å². The summed E-state index contributed by atoms with van der Waals surface area (Å²) in [4.78, 5) is 28.3. The number of halogens is 1. The summed E-state index contributed by atoms with van der Waals surface area (Å²) in [5.74, 6) is -1.10. The normalized spacial score (nSPS) is 10.7. The van der Waals surface area contributed by atoms with Gasteiger partial charge >= 0.3 is 0 Å². The third kappa shape index (κ3) is 4.43. The molecule has 1 aromatic heterocycles. The zero-order chi connectivity index (χ0) is 18.7. The van der Waals surface area contributed by atoms with Crippen LogP contribution in [0.25, 0.3) is 10.2 Å². The highest BCUT2D eigenvalue weighted by molar-refractivity contribution is 7.22. The number of rotatable bonds is 5. The Morgan fingerprint density at radius 2 is 1.96 bits per heavy atom. The summed E-state index contributed by atoms with van der Waals surface area (Å²) in [5.41, 5.74) is 3.62. The first-order chi connectivity index (χ1) is 12.4. The second-order valence-electron chi connectivity index (χ2n) is 6.08. The summed E-state index contributed by atoms with van der Waals surface area (Å²) in [6.07, 6.45) is 0.0185. The Bertz CT molecular complexity index is 984. The van der Waals surface area contributed by atoms with Crippen molar-refractivity contribution < 1.29 is 14.0 Å². The second kappa shape index (κ2) is 7.61. The lowest BCUT2D eigenvalue weighted by Gasteiger charge is -2.05. The van der Waals surface area contributed by atoms with Crippen LogP contribution in [-0.2, 0) is 16.0 Å². The summed E-state index contributed by atoms with van der Waals surface area (Å²) in [5, 5.41) is 5.73. The summed E-state index contributed by atoms with van der Waals surface area (Å²) in [6.45, 7) is 3.83.